The molecule has 2 heterocycles. The number of aromatic nitrogens is 2. The zero-order chi connectivity index (χ0) is 13.0. The number of rotatable bonds is 6. The van der Waals surface area contributed by atoms with Crippen LogP contribution in [0, 0.1) is 6.92 Å². The van der Waals surface area contributed by atoms with Gasteiger partial charge in [0, 0.05) is 39.0 Å². The summed E-state index contributed by atoms with van der Waals surface area (Å²) in [6, 6.07) is 2.14. The molecule has 5 heteroatoms. The first-order chi connectivity index (χ1) is 8.72. The number of methoxy groups -OCH3 is 1. The maximum Gasteiger partial charge on any atom is 0.107 e. The molecule has 4 nitrogen and oxygen atoms in total. The lowest BCUT2D eigenvalue weighted by Crippen LogP contribution is -2.18. The molecule has 18 heavy (non-hydrogen) atoms. The van der Waals surface area contributed by atoms with Gasteiger partial charge in [-0.2, -0.15) is 5.10 Å². The highest BCUT2D eigenvalue weighted by Gasteiger charge is 2.12. The first-order valence-corrected chi connectivity index (χ1v) is 6.87. The number of hydrogen-bond donors (Lipinski definition) is 1. The molecule has 0 bridgehead atoms. The molecule has 98 valence electrons. The van der Waals surface area contributed by atoms with Crippen LogP contribution in [-0.2, 0) is 18.3 Å². The Morgan fingerprint density at radius 2 is 2.33 bits per heavy atom. The number of thiophene rings is 1. The van der Waals surface area contributed by atoms with E-state index < -0.39 is 0 Å². The molecule has 2 aromatic rings. The van der Waals surface area contributed by atoms with E-state index in [-0.39, 0.29) is 0 Å². The maximum absolute atomic E-state index is 5.03. The average molecular weight is 265 g/mol. The van der Waals surface area contributed by atoms with Crippen molar-refractivity contribution >= 4 is 11.3 Å². The predicted molar refractivity (Wildman–Crippen MR) is 74.8 cm³/mol. The molecule has 0 spiro atoms. The van der Waals surface area contributed by atoms with Gasteiger partial charge in [-0.3, -0.25) is 4.68 Å². The summed E-state index contributed by atoms with van der Waals surface area (Å²) in [5.41, 5.74) is 3.62. The summed E-state index contributed by atoms with van der Waals surface area (Å²) >= 11 is 1.75. The quantitative estimate of drug-likeness (QED) is 0.814. The van der Waals surface area contributed by atoms with Gasteiger partial charge < -0.3 is 10.1 Å². The fourth-order valence-electron chi connectivity index (χ4n) is 1.87. The molecule has 1 N–H and O–H groups in total. The molecule has 2 aromatic heterocycles. The van der Waals surface area contributed by atoms with Gasteiger partial charge >= 0.3 is 0 Å². The van der Waals surface area contributed by atoms with E-state index in [2.05, 4.69) is 35.0 Å². The van der Waals surface area contributed by atoms with Crippen LogP contribution in [-0.4, -0.2) is 30.0 Å². The van der Waals surface area contributed by atoms with Crippen molar-refractivity contribution in [3.63, 3.8) is 0 Å². The number of ether oxygens (including phenoxy) is 1. The van der Waals surface area contributed by atoms with E-state index in [1.165, 1.54) is 16.0 Å². The van der Waals surface area contributed by atoms with Crippen molar-refractivity contribution in [2.24, 2.45) is 7.05 Å². The topological polar surface area (TPSA) is 39.1 Å². The zero-order valence-electron chi connectivity index (χ0n) is 11.1. The third-order valence-corrected chi connectivity index (χ3v) is 3.80. The summed E-state index contributed by atoms with van der Waals surface area (Å²) in [5, 5.41) is 10.0. The monoisotopic (exact) mass is 265 g/mol. The molecule has 0 atom stereocenters. The van der Waals surface area contributed by atoms with E-state index in [0.29, 0.717) is 0 Å². The first-order valence-electron chi connectivity index (χ1n) is 5.99. The summed E-state index contributed by atoms with van der Waals surface area (Å²) < 4.78 is 6.90. The van der Waals surface area contributed by atoms with Crippen LogP contribution in [0.2, 0.25) is 0 Å². The third kappa shape index (κ3) is 2.98. The molecule has 0 amide bonds. The highest BCUT2D eigenvalue weighted by molar-refractivity contribution is 7.13. The average Bonchev–Trinajstić information content (AvgIpc) is 2.91. The predicted octanol–water partition coefficient (Wildman–Crippen LogP) is 2.19. The van der Waals surface area contributed by atoms with Gasteiger partial charge in [0.2, 0.25) is 0 Å². The van der Waals surface area contributed by atoms with Gasteiger partial charge in [-0.15, -0.1) is 11.3 Å². The number of hydrogen-bond acceptors (Lipinski definition) is 4. The van der Waals surface area contributed by atoms with Gasteiger partial charge in [0.1, 0.15) is 5.69 Å². The molecule has 0 aromatic carbocycles. The SMILES string of the molecule is COCCNCc1cn(C)nc1-c1sccc1C. The minimum Gasteiger partial charge on any atom is -0.383 e. The normalized spacial score (nSPS) is 11.1. The lowest BCUT2D eigenvalue weighted by atomic mass is 10.1. The molecule has 0 radical (unpaired) electrons. The lowest BCUT2D eigenvalue weighted by molar-refractivity contribution is 0.199. The number of nitrogens with one attached hydrogen (secondary N) is 1. The maximum atomic E-state index is 5.03. The second kappa shape index (κ2) is 6.13. The molecular weight excluding hydrogens is 246 g/mol. The highest BCUT2D eigenvalue weighted by Crippen LogP contribution is 2.30. The molecule has 0 aliphatic heterocycles. The first kappa shape index (κ1) is 13.3. The molecule has 2 rings (SSSR count). The fraction of sp³-hybridized carbons (Fsp3) is 0.462. The Bertz CT molecular complexity index is 504. The van der Waals surface area contributed by atoms with Gasteiger partial charge in [-0.25, -0.2) is 0 Å². The van der Waals surface area contributed by atoms with Crippen LogP contribution < -0.4 is 5.32 Å². The zero-order valence-corrected chi connectivity index (χ0v) is 11.9. The molecule has 0 aliphatic carbocycles. The second-order valence-electron chi connectivity index (χ2n) is 4.28. The van der Waals surface area contributed by atoms with Crippen molar-refractivity contribution in [3.8, 4) is 10.6 Å². The largest absolute Gasteiger partial charge is 0.383 e. The van der Waals surface area contributed by atoms with Crippen LogP contribution in [0.1, 0.15) is 11.1 Å². The molecular formula is C13H19N3OS. The Kier molecular flexibility index (Phi) is 4.52. The number of nitrogens with zero attached hydrogens (tertiary/aromatic N) is 2. The van der Waals surface area contributed by atoms with Crippen LogP contribution in [0.3, 0.4) is 0 Å². The standard InChI is InChI=1S/C13H19N3OS/c1-10-4-7-18-13(10)12-11(9-16(2)15-12)8-14-5-6-17-3/h4,7,9,14H,5-6,8H2,1-3H3. The number of aryl methyl sites for hydroxylation is 2. The minimum absolute atomic E-state index is 0.730. The van der Waals surface area contributed by atoms with Crippen molar-refractivity contribution < 1.29 is 4.74 Å². The van der Waals surface area contributed by atoms with Gasteiger partial charge in [-0.1, -0.05) is 0 Å². The Morgan fingerprint density at radius 3 is 3.00 bits per heavy atom. The van der Waals surface area contributed by atoms with Crippen LogP contribution in [0.15, 0.2) is 17.6 Å². The van der Waals surface area contributed by atoms with E-state index in [4.69, 9.17) is 4.74 Å². The van der Waals surface area contributed by atoms with Crippen LogP contribution in [0.25, 0.3) is 10.6 Å². The van der Waals surface area contributed by atoms with Crippen molar-refractivity contribution in [2.45, 2.75) is 13.5 Å². The van der Waals surface area contributed by atoms with Gasteiger partial charge in [-0.05, 0) is 23.9 Å². The lowest BCUT2D eigenvalue weighted by Gasteiger charge is -2.04. The van der Waals surface area contributed by atoms with Crippen molar-refractivity contribution in [3.05, 3.63) is 28.8 Å². The smallest absolute Gasteiger partial charge is 0.107 e. The fourth-order valence-corrected chi connectivity index (χ4v) is 2.82. The van der Waals surface area contributed by atoms with Gasteiger partial charge in [0.25, 0.3) is 0 Å². The Labute approximate surface area is 112 Å². The van der Waals surface area contributed by atoms with Crippen molar-refractivity contribution in [1.29, 1.82) is 0 Å². The molecule has 0 aliphatic rings. The Morgan fingerprint density at radius 1 is 1.50 bits per heavy atom. The van der Waals surface area contributed by atoms with Crippen LogP contribution >= 0.6 is 11.3 Å². The van der Waals surface area contributed by atoms with E-state index in [0.717, 1.165) is 25.4 Å². The summed E-state index contributed by atoms with van der Waals surface area (Å²) in [4.78, 5) is 1.26. The van der Waals surface area contributed by atoms with E-state index in [9.17, 15) is 0 Å². The second-order valence-corrected chi connectivity index (χ2v) is 5.20. The Hall–Kier alpha value is -1.17. The molecule has 0 saturated heterocycles. The van der Waals surface area contributed by atoms with E-state index in [1.807, 2.05) is 11.7 Å². The minimum atomic E-state index is 0.730. The van der Waals surface area contributed by atoms with Gasteiger partial charge in [0.15, 0.2) is 0 Å². The molecule has 0 fully saturated rings. The Balaban J connectivity index is 2.13. The third-order valence-electron chi connectivity index (χ3n) is 2.78. The van der Waals surface area contributed by atoms with E-state index >= 15 is 0 Å². The summed E-state index contributed by atoms with van der Waals surface area (Å²) in [5.74, 6) is 0. The summed E-state index contributed by atoms with van der Waals surface area (Å²) in [6.07, 6.45) is 2.08. The van der Waals surface area contributed by atoms with E-state index in [1.54, 1.807) is 18.4 Å². The van der Waals surface area contributed by atoms with Crippen molar-refractivity contribution in [1.82, 2.24) is 15.1 Å². The van der Waals surface area contributed by atoms with Crippen molar-refractivity contribution in [2.75, 3.05) is 20.3 Å². The van der Waals surface area contributed by atoms with Crippen LogP contribution in [0.5, 0.6) is 0 Å². The molecule has 0 unspecified atom stereocenters. The van der Waals surface area contributed by atoms with Gasteiger partial charge in [0.05, 0.1) is 11.5 Å². The van der Waals surface area contributed by atoms with Crippen LogP contribution in [0.4, 0.5) is 0 Å². The highest BCUT2D eigenvalue weighted by atomic mass is 32.1. The summed E-state index contributed by atoms with van der Waals surface area (Å²) in [7, 11) is 3.68. The summed E-state index contributed by atoms with van der Waals surface area (Å²) in [6.45, 7) is 4.54. The molecule has 0 saturated carbocycles.